The van der Waals surface area contributed by atoms with Crippen molar-refractivity contribution in [1.82, 2.24) is 20.1 Å². The zero-order chi connectivity index (χ0) is 30.3. The van der Waals surface area contributed by atoms with Crippen molar-refractivity contribution in [2.75, 3.05) is 33.3 Å². The highest BCUT2D eigenvalue weighted by Gasteiger charge is 2.29. The molecular formula is C32H35N5O6. The molecule has 43 heavy (non-hydrogen) atoms. The van der Waals surface area contributed by atoms with Crippen molar-refractivity contribution in [3.63, 3.8) is 0 Å². The Morgan fingerprint density at radius 1 is 0.907 bits per heavy atom. The van der Waals surface area contributed by atoms with Crippen molar-refractivity contribution in [2.24, 2.45) is 5.92 Å². The molecule has 0 bridgehead atoms. The number of methoxy groups -OCH3 is 1. The summed E-state index contributed by atoms with van der Waals surface area (Å²) < 4.78 is 5.16. The number of rotatable bonds is 9. The number of non-ortho nitro benzene ring substituents is 1. The van der Waals surface area contributed by atoms with Crippen molar-refractivity contribution < 1.29 is 24.0 Å². The van der Waals surface area contributed by atoms with Crippen LogP contribution in [0.25, 0.3) is 0 Å². The Bertz CT molecular complexity index is 1440. The van der Waals surface area contributed by atoms with Gasteiger partial charge in [-0.15, -0.1) is 0 Å². The third-order valence-electron chi connectivity index (χ3n) is 8.25. The number of pyridine rings is 1. The molecule has 0 saturated carbocycles. The van der Waals surface area contributed by atoms with E-state index in [1.807, 2.05) is 0 Å². The van der Waals surface area contributed by atoms with Gasteiger partial charge in [-0.2, -0.15) is 0 Å². The monoisotopic (exact) mass is 585 g/mol. The average molecular weight is 586 g/mol. The van der Waals surface area contributed by atoms with E-state index in [1.54, 1.807) is 60.5 Å². The first-order chi connectivity index (χ1) is 20.8. The minimum Gasteiger partial charge on any atom is -0.497 e. The van der Waals surface area contributed by atoms with Crippen LogP contribution in [0.2, 0.25) is 0 Å². The molecule has 2 saturated heterocycles. The highest BCUT2D eigenvalue weighted by molar-refractivity contribution is 5.99. The standard InChI is InChI=1S/C32H35N5O6/c1-43-28-9-4-23(5-10-28)30(38)24-12-18-36(19-13-24)32(40)29-11-6-25(20-33-29)31(39)34-26-14-16-35(17-15-26)21-22-2-7-27(8-3-22)37(41)42/h2-11,20,24,26H,12-19,21H2,1H3,(H,34,39). The molecule has 2 amide bonds. The lowest BCUT2D eigenvalue weighted by atomic mass is 9.88. The van der Waals surface area contributed by atoms with Gasteiger partial charge in [-0.3, -0.25) is 34.4 Å². The molecule has 1 aromatic heterocycles. The maximum Gasteiger partial charge on any atom is 0.272 e. The molecule has 0 aliphatic carbocycles. The Hall–Kier alpha value is -4.64. The molecule has 2 aliphatic rings. The van der Waals surface area contributed by atoms with Crippen molar-refractivity contribution in [3.05, 3.63) is 99.4 Å². The minimum absolute atomic E-state index is 0.0313. The summed E-state index contributed by atoms with van der Waals surface area (Å²) in [6.45, 7) is 3.25. The summed E-state index contributed by atoms with van der Waals surface area (Å²) >= 11 is 0. The smallest absolute Gasteiger partial charge is 0.272 e. The highest BCUT2D eigenvalue weighted by Crippen LogP contribution is 2.24. The molecule has 5 rings (SSSR count). The Morgan fingerprint density at radius 2 is 1.56 bits per heavy atom. The van der Waals surface area contributed by atoms with E-state index in [4.69, 9.17) is 4.74 Å². The number of amides is 2. The number of nitrogens with zero attached hydrogens (tertiary/aromatic N) is 4. The van der Waals surface area contributed by atoms with Crippen LogP contribution in [0.15, 0.2) is 66.9 Å². The van der Waals surface area contributed by atoms with Crippen LogP contribution in [0.1, 0.15) is 62.5 Å². The first-order valence-corrected chi connectivity index (χ1v) is 14.5. The van der Waals surface area contributed by atoms with Crippen molar-refractivity contribution >= 4 is 23.3 Å². The number of ether oxygens (including phenoxy) is 1. The fourth-order valence-electron chi connectivity index (χ4n) is 5.64. The van der Waals surface area contributed by atoms with Gasteiger partial charge in [0.1, 0.15) is 11.4 Å². The van der Waals surface area contributed by atoms with E-state index in [1.165, 1.54) is 18.3 Å². The number of nitro groups is 1. The second-order valence-corrected chi connectivity index (χ2v) is 11.0. The van der Waals surface area contributed by atoms with E-state index < -0.39 is 4.92 Å². The number of hydrogen-bond donors (Lipinski definition) is 1. The van der Waals surface area contributed by atoms with Gasteiger partial charge in [-0.05, 0) is 67.6 Å². The largest absolute Gasteiger partial charge is 0.497 e. The number of piperidine rings is 2. The molecule has 0 spiro atoms. The van der Waals surface area contributed by atoms with Gasteiger partial charge >= 0.3 is 0 Å². The molecule has 2 fully saturated rings. The number of hydrogen-bond acceptors (Lipinski definition) is 8. The van der Waals surface area contributed by atoms with Gasteiger partial charge in [0.05, 0.1) is 17.6 Å². The molecule has 3 aromatic rings. The van der Waals surface area contributed by atoms with Crippen LogP contribution in [0, 0.1) is 16.0 Å². The van der Waals surface area contributed by atoms with E-state index in [0.717, 1.165) is 31.5 Å². The van der Waals surface area contributed by atoms with Gasteiger partial charge in [-0.1, -0.05) is 12.1 Å². The number of carbonyl (C=O) groups is 3. The Kier molecular flexibility index (Phi) is 9.41. The molecule has 2 aliphatic heterocycles. The maximum atomic E-state index is 13.1. The van der Waals surface area contributed by atoms with Gasteiger partial charge in [0.15, 0.2) is 5.78 Å². The molecule has 0 radical (unpaired) electrons. The van der Waals surface area contributed by atoms with Gasteiger partial charge in [0.25, 0.3) is 17.5 Å². The molecule has 224 valence electrons. The van der Waals surface area contributed by atoms with Gasteiger partial charge in [0.2, 0.25) is 0 Å². The van der Waals surface area contributed by atoms with Crippen LogP contribution in [0.3, 0.4) is 0 Å². The number of benzene rings is 2. The van der Waals surface area contributed by atoms with E-state index >= 15 is 0 Å². The zero-order valence-electron chi connectivity index (χ0n) is 24.1. The maximum absolute atomic E-state index is 13.1. The lowest BCUT2D eigenvalue weighted by Crippen LogP contribution is -2.44. The SMILES string of the molecule is COc1ccc(C(=O)C2CCN(C(=O)c3ccc(C(=O)NC4CCN(Cc5ccc([N+](=O)[O-])cc5)CC4)cn3)CC2)cc1. The first-order valence-electron chi connectivity index (χ1n) is 14.5. The van der Waals surface area contributed by atoms with Crippen LogP contribution in [-0.4, -0.2) is 76.6 Å². The van der Waals surface area contributed by atoms with Crippen LogP contribution in [0.5, 0.6) is 5.75 Å². The van der Waals surface area contributed by atoms with Crippen molar-refractivity contribution in [1.29, 1.82) is 0 Å². The number of aromatic nitrogens is 1. The second kappa shape index (κ2) is 13.6. The predicted molar refractivity (Wildman–Crippen MR) is 159 cm³/mol. The van der Waals surface area contributed by atoms with Crippen LogP contribution in [-0.2, 0) is 6.54 Å². The fourth-order valence-corrected chi connectivity index (χ4v) is 5.64. The summed E-state index contributed by atoms with van der Waals surface area (Å²) in [6, 6.07) is 16.9. The van der Waals surface area contributed by atoms with Crippen LogP contribution >= 0.6 is 0 Å². The predicted octanol–water partition coefficient (Wildman–Crippen LogP) is 4.13. The third kappa shape index (κ3) is 7.42. The van der Waals surface area contributed by atoms with Crippen molar-refractivity contribution in [3.8, 4) is 5.75 Å². The van der Waals surface area contributed by atoms with Crippen molar-refractivity contribution in [2.45, 2.75) is 38.3 Å². The lowest BCUT2D eigenvalue weighted by Gasteiger charge is -2.32. The topological polar surface area (TPSA) is 135 Å². The summed E-state index contributed by atoms with van der Waals surface area (Å²) in [5.41, 5.74) is 2.41. The molecule has 2 aromatic carbocycles. The van der Waals surface area contributed by atoms with Gasteiger partial charge in [0, 0.05) is 68.6 Å². The minimum atomic E-state index is -0.405. The van der Waals surface area contributed by atoms with Crippen LogP contribution < -0.4 is 10.1 Å². The van der Waals surface area contributed by atoms with E-state index in [-0.39, 0.29) is 40.9 Å². The fraction of sp³-hybridized carbons (Fsp3) is 0.375. The van der Waals surface area contributed by atoms with E-state index in [0.29, 0.717) is 49.4 Å². The summed E-state index contributed by atoms with van der Waals surface area (Å²) in [5, 5.41) is 13.9. The number of nitro benzene ring substituents is 1. The zero-order valence-corrected chi connectivity index (χ0v) is 24.1. The summed E-state index contributed by atoms with van der Waals surface area (Å²) in [6.07, 6.45) is 4.19. The normalized spacial score (nSPS) is 16.4. The van der Waals surface area contributed by atoms with E-state index in [2.05, 4.69) is 15.2 Å². The number of nitrogens with one attached hydrogen (secondary N) is 1. The molecule has 1 N–H and O–H groups in total. The lowest BCUT2D eigenvalue weighted by molar-refractivity contribution is -0.384. The number of carbonyl (C=O) groups excluding carboxylic acids is 3. The van der Waals surface area contributed by atoms with Gasteiger partial charge < -0.3 is 15.0 Å². The molecular weight excluding hydrogens is 550 g/mol. The highest BCUT2D eigenvalue weighted by atomic mass is 16.6. The number of Topliss-reactive ketones (excluding diaryl/α,β-unsaturated/α-hetero) is 1. The van der Waals surface area contributed by atoms with E-state index in [9.17, 15) is 24.5 Å². The Labute approximate surface area is 250 Å². The number of ketones is 1. The van der Waals surface area contributed by atoms with Crippen LogP contribution in [0.4, 0.5) is 5.69 Å². The quantitative estimate of drug-likeness (QED) is 0.225. The second-order valence-electron chi connectivity index (χ2n) is 11.0. The summed E-state index contributed by atoms with van der Waals surface area (Å²) in [5.74, 6) is 0.219. The molecule has 11 nitrogen and oxygen atoms in total. The summed E-state index contributed by atoms with van der Waals surface area (Å²) in [7, 11) is 1.58. The van der Waals surface area contributed by atoms with Gasteiger partial charge in [-0.25, -0.2) is 0 Å². The Morgan fingerprint density at radius 3 is 2.14 bits per heavy atom. The first kappa shape index (κ1) is 29.8. The summed E-state index contributed by atoms with van der Waals surface area (Å²) in [4.78, 5) is 57.5. The molecule has 0 atom stereocenters. The molecule has 11 heteroatoms. The molecule has 0 unspecified atom stereocenters. The number of likely N-dealkylation sites (tertiary alicyclic amines) is 2. The molecule has 3 heterocycles. The third-order valence-corrected chi connectivity index (χ3v) is 8.25. The Balaban J connectivity index is 1.06. The average Bonchev–Trinajstić information content (AvgIpc) is 3.05.